The molecule has 0 aliphatic carbocycles. The van der Waals surface area contributed by atoms with Crippen LogP contribution in [0.15, 0.2) is 28.7 Å². The van der Waals surface area contributed by atoms with Crippen molar-refractivity contribution in [2.75, 3.05) is 5.73 Å². The Morgan fingerprint density at radius 1 is 1.40 bits per heavy atom. The lowest BCUT2D eigenvalue weighted by molar-refractivity contribution is 0.782. The molecule has 0 spiro atoms. The van der Waals surface area contributed by atoms with Gasteiger partial charge in [-0.25, -0.2) is 0 Å². The highest BCUT2D eigenvalue weighted by Gasteiger charge is 2.06. The van der Waals surface area contributed by atoms with E-state index >= 15 is 0 Å². The number of benzene rings is 1. The van der Waals surface area contributed by atoms with E-state index in [2.05, 4.69) is 21.0 Å². The summed E-state index contributed by atoms with van der Waals surface area (Å²) in [6.45, 7) is 0. The lowest BCUT2D eigenvalue weighted by atomic mass is 10.1. The van der Waals surface area contributed by atoms with Crippen LogP contribution in [0.1, 0.15) is 0 Å². The quantitative estimate of drug-likeness (QED) is 0.875. The molecule has 1 heterocycles. The largest absolute Gasteiger partial charge is 0.384 e. The molecule has 0 amide bonds. The van der Waals surface area contributed by atoms with E-state index in [1.807, 2.05) is 24.3 Å². The standard InChI is InChI=1S/C10H9BrClN3/c1-15-10(13)5-9(14-15)6-2-3-7(11)8(12)4-6/h2-5H,13H2,1H3. The molecular weight excluding hydrogens is 277 g/mol. The van der Waals surface area contributed by atoms with Gasteiger partial charge in [0.05, 0.1) is 10.7 Å². The maximum Gasteiger partial charge on any atom is 0.121 e. The summed E-state index contributed by atoms with van der Waals surface area (Å²) in [6.07, 6.45) is 0. The van der Waals surface area contributed by atoms with Gasteiger partial charge in [0.15, 0.2) is 0 Å². The molecule has 2 N–H and O–H groups in total. The second kappa shape index (κ2) is 3.87. The molecule has 78 valence electrons. The van der Waals surface area contributed by atoms with Gasteiger partial charge in [-0.3, -0.25) is 4.68 Å². The summed E-state index contributed by atoms with van der Waals surface area (Å²) >= 11 is 9.34. The minimum absolute atomic E-state index is 0.629. The Labute approximate surface area is 101 Å². The molecule has 2 rings (SSSR count). The Hall–Kier alpha value is -1.00. The Morgan fingerprint density at radius 2 is 2.13 bits per heavy atom. The van der Waals surface area contributed by atoms with E-state index in [0.717, 1.165) is 15.7 Å². The number of nitrogens with two attached hydrogens (primary N) is 1. The molecule has 0 bridgehead atoms. The van der Waals surface area contributed by atoms with E-state index in [9.17, 15) is 0 Å². The summed E-state index contributed by atoms with van der Waals surface area (Å²) < 4.78 is 2.50. The van der Waals surface area contributed by atoms with Gasteiger partial charge in [-0.2, -0.15) is 5.10 Å². The van der Waals surface area contributed by atoms with Gasteiger partial charge in [0.25, 0.3) is 0 Å². The monoisotopic (exact) mass is 285 g/mol. The Bertz CT molecular complexity index is 488. The number of aromatic nitrogens is 2. The van der Waals surface area contributed by atoms with E-state index < -0.39 is 0 Å². The fraction of sp³-hybridized carbons (Fsp3) is 0.100. The van der Waals surface area contributed by atoms with Crippen molar-refractivity contribution < 1.29 is 0 Å². The predicted octanol–water partition coefficient (Wildman–Crippen LogP) is 3.09. The van der Waals surface area contributed by atoms with Crippen molar-refractivity contribution >= 4 is 33.3 Å². The Morgan fingerprint density at radius 3 is 2.67 bits per heavy atom. The molecule has 5 heteroatoms. The van der Waals surface area contributed by atoms with Crippen molar-refractivity contribution in [3.05, 3.63) is 33.8 Å². The molecule has 0 saturated carbocycles. The summed E-state index contributed by atoms with van der Waals surface area (Å²) in [4.78, 5) is 0. The van der Waals surface area contributed by atoms with Gasteiger partial charge in [0.1, 0.15) is 5.82 Å². The number of hydrogen-bond acceptors (Lipinski definition) is 2. The molecule has 1 aromatic heterocycles. The first-order valence-corrected chi connectivity index (χ1v) is 5.50. The average molecular weight is 287 g/mol. The number of nitrogens with zero attached hydrogens (tertiary/aromatic N) is 2. The van der Waals surface area contributed by atoms with Gasteiger partial charge >= 0.3 is 0 Å². The SMILES string of the molecule is Cn1nc(-c2ccc(Br)c(Cl)c2)cc1N. The summed E-state index contributed by atoms with van der Waals surface area (Å²) in [5.74, 6) is 0.629. The van der Waals surface area contributed by atoms with Crippen LogP contribution in [-0.2, 0) is 7.05 Å². The number of nitrogen functional groups attached to an aromatic ring is 1. The van der Waals surface area contributed by atoms with E-state index in [1.54, 1.807) is 11.7 Å². The van der Waals surface area contributed by atoms with Crippen molar-refractivity contribution in [3.8, 4) is 11.3 Å². The first-order chi connectivity index (χ1) is 7.08. The van der Waals surface area contributed by atoms with Crippen LogP contribution in [0, 0.1) is 0 Å². The topological polar surface area (TPSA) is 43.8 Å². The molecule has 15 heavy (non-hydrogen) atoms. The highest BCUT2D eigenvalue weighted by Crippen LogP contribution is 2.28. The Kier molecular flexibility index (Phi) is 2.71. The van der Waals surface area contributed by atoms with Gasteiger partial charge < -0.3 is 5.73 Å². The summed E-state index contributed by atoms with van der Waals surface area (Å²) in [6, 6.07) is 7.51. The molecular formula is C10H9BrClN3. The molecule has 0 aliphatic rings. The highest BCUT2D eigenvalue weighted by atomic mass is 79.9. The van der Waals surface area contributed by atoms with Crippen LogP contribution in [0.2, 0.25) is 5.02 Å². The van der Waals surface area contributed by atoms with Gasteiger partial charge in [-0.05, 0) is 28.1 Å². The predicted molar refractivity (Wildman–Crippen MR) is 65.8 cm³/mol. The third kappa shape index (κ3) is 2.01. The molecule has 0 saturated heterocycles. The third-order valence-electron chi connectivity index (χ3n) is 2.13. The first-order valence-electron chi connectivity index (χ1n) is 4.33. The van der Waals surface area contributed by atoms with Crippen LogP contribution in [0.5, 0.6) is 0 Å². The van der Waals surface area contributed by atoms with Crippen molar-refractivity contribution in [1.29, 1.82) is 0 Å². The van der Waals surface area contributed by atoms with Crippen LogP contribution in [0.3, 0.4) is 0 Å². The van der Waals surface area contributed by atoms with E-state index in [0.29, 0.717) is 10.8 Å². The summed E-state index contributed by atoms with van der Waals surface area (Å²) in [7, 11) is 1.80. The van der Waals surface area contributed by atoms with Crippen LogP contribution >= 0.6 is 27.5 Å². The maximum atomic E-state index is 6.00. The molecule has 0 aliphatic heterocycles. The number of hydrogen-bond donors (Lipinski definition) is 1. The maximum absolute atomic E-state index is 6.00. The molecule has 1 aromatic carbocycles. The average Bonchev–Trinajstić information content (AvgIpc) is 2.52. The molecule has 0 fully saturated rings. The fourth-order valence-electron chi connectivity index (χ4n) is 1.28. The van der Waals surface area contributed by atoms with E-state index in [4.69, 9.17) is 17.3 Å². The number of aryl methyl sites for hydroxylation is 1. The van der Waals surface area contributed by atoms with Crippen LogP contribution in [0.25, 0.3) is 11.3 Å². The van der Waals surface area contributed by atoms with Crippen molar-refractivity contribution in [2.24, 2.45) is 7.05 Å². The molecule has 3 nitrogen and oxygen atoms in total. The summed E-state index contributed by atoms with van der Waals surface area (Å²) in [5, 5.41) is 4.93. The molecule has 2 aromatic rings. The smallest absolute Gasteiger partial charge is 0.121 e. The van der Waals surface area contributed by atoms with Crippen molar-refractivity contribution in [1.82, 2.24) is 9.78 Å². The van der Waals surface area contributed by atoms with Crippen LogP contribution in [0.4, 0.5) is 5.82 Å². The summed E-state index contributed by atoms with van der Waals surface area (Å²) in [5.41, 5.74) is 7.48. The minimum atomic E-state index is 0.629. The van der Waals surface area contributed by atoms with Crippen molar-refractivity contribution in [2.45, 2.75) is 0 Å². The molecule has 0 unspecified atom stereocenters. The van der Waals surface area contributed by atoms with Gasteiger partial charge in [-0.1, -0.05) is 17.7 Å². The number of anilines is 1. The van der Waals surface area contributed by atoms with E-state index in [-0.39, 0.29) is 0 Å². The zero-order valence-corrected chi connectivity index (χ0v) is 10.4. The zero-order chi connectivity index (χ0) is 11.0. The first kappa shape index (κ1) is 10.5. The normalized spacial score (nSPS) is 10.6. The third-order valence-corrected chi connectivity index (χ3v) is 3.36. The van der Waals surface area contributed by atoms with Gasteiger partial charge in [-0.15, -0.1) is 0 Å². The lowest BCUT2D eigenvalue weighted by Gasteiger charge is -1.99. The second-order valence-electron chi connectivity index (χ2n) is 3.21. The minimum Gasteiger partial charge on any atom is -0.384 e. The number of rotatable bonds is 1. The number of halogens is 2. The van der Waals surface area contributed by atoms with E-state index in [1.165, 1.54) is 0 Å². The fourth-order valence-corrected chi connectivity index (χ4v) is 1.71. The van der Waals surface area contributed by atoms with Crippen LogP contribution in [-0.4, -0.2) is 9.78 Å². The van der Waals surface area contributed by atoms with Crippen LogP contribution < -0.4 is 5.73 Å². The highest BCUT2D eigenvalue weighted by molar-refractivity contribution is 9.10. The lowest BCUT2D eigenvalue weighted by Crippen LogP contribution is -1.96. The second-order valence-corrected chi connectivity index (χ2v) is 4.47. The molecule has 0 atom stereocenters. The Balaban J connectivity index is 2.49. The zero-order valence-electron chi connectivity index (χ0n) is 8.04. The van der Waals surface area contributed by atoms with Gasteiger partial charge in [0.2, 0.25) is 0 Å². The van der Waals surface area contributed by atoms with Crippen molar-refractivity contribution in [3.63, 3.8) is 0 Å². The molecule has 0 radical (unpaired) electrons. The van der Waals surface area contributed by atoms with Gasteiger partial charge in [0, 0.05) is 23.2 Å².